The number of carbonyl (C=O) groups excluding carboxylic acids is 2. The Hall–Kier alpha value is -5.46. The molecule has 1 saturated heterocycles. The molecule has 2 unspecified atom stereocenters. The number of aromatic nitrogens is 2. The smallest absolute Gasteiger partial charge is 0.354 e. The van der Waals surface area contributed by atoms with Crippen LogP contribution in [0.15, 0.2) is 47.1 Å². The number of hydroxylamine groups is 2. The third kappa shape index (κ3) is 9.44. The molecule has 10 N–H and O–H groups in total. The SMILES string of the molecule is C[n+]1cc(-c2ccc3c(c2)CC[C@H](C(C)(O/N=C(\C(=O)NC2C(=O)N(OS(=O)(=O)[O-])C2(C)C)c2csc(N)n2)C(=O)O)O3)ccc1NC(CN)CN.O=CO. The van der Waals surface area contributed by atoms with Crippen LogP contribution in [0.5, 0.6) is 5.75 Å². The highest BCUT2D eigenvalue weighted by molar-refractivity contribution is 7.80. The number of rotatable bonds is 14. The van der Waals surface area contributed by atoms with Crippen molar-refractivity contribution in [1.29, 1.82) is 0 Å². The molecule has 298 valence electrons. The summed E-state index contributed by atoms with van der Waals surface area (Å²) in [5.74, 6) is -2.21. The average molecular weight is 808 g/mol. The number of thiazole rings is 1. The van der Waals surface area contributed by atoms with Gasteiger partial charge in [-0.25, -0.2) is 22.8 Å². The number of benzene rings is 1. The van der Waals surface area contributed by atoms with Crippen molar-refractivity contribution in [2.24, 2.45) is 23.7 Å². The number of amides is 2. The zero-order valence-corrected chi connectivity index (χ0v) is 31.6. The molecule has 3 aromatic rings. The van der Waals surface area contributed by atoms with Crippen molar-refractivity contribution in [2.45, 2.75) is 62.9 Å². The molecule has 0 saturated carbocycles. The van der Waals surface area contributed by atoms with Gasteiger partial charge in [-0.05, 0) is 62.9 Å². The van der Waals surface area contributed by atoms with Crippen molar-refractivity contribution in [2.75, 3.05) is 24.1 Å². The summed E-state index contributed by atoms with van der Waals surface area (Å²) in [6.07, 6.45) is 1.53. The van der Waals surface area contributed by atoms with Crippen LogP contribution in [0.1, 0.15) is 38.4 Å². The zero-order valence-electron chi connectivity index (χ0n) is 30.0. The van der Waals surface area contributed by atoms with Gasteiger partial charge in [-0.3, -0.25) is 19.7 Å². The number of nitrogens with one attached hydrogen (secondary N) is 2. The van der Waals surface area contributed by atoms with Crippen LogP contribution in [-0.2, 0) is 52.2 Å². The third-order valence-electron chi connectivity index (χ3n) is 8.86. The second-order valence-electron chi connectivity index (χ2n) is 13.0. The van der Waals surface area contributed by atoms with Crippen molar-refractivity contribution in [3.63, 3.8) is 0 Å². The lowest BCUT2D eigenvalue weighted by molar-refractivity contribution is -0.656. The summed E-state index contributed by atoms with van der Waals surface area (Å²) < 4.78 is 45.5. The van der Waals surface area contributed by atoms with Crippen molar-refractivity contribution >= 4 is 62.7 Å². The van der Waals surface area contributed by atoms with Gasteiger partial charge in [0, 0.05) is 30.1 Å². The van der Waals surface area contributed by atoms with Crippen molar-refractivity contribution in [3.05, 3.63) is 53.2 Å². The molecule has 1 aromatic carbocycles. The van der Waals surface area contributed by atoms with E-state index in [4.69, 9.17) is 36.7 Å². The first kappa shape index (κ1) is 42.3. The summed E-state index contributed by atoms with van der Waals surface area (Å²) >= 11 is 0.960. The normalized spacial score (nSPS) is 18.7. The van der Waals surface area contributed by atoms with E-state index in [1.165, 1.54) is 26.2 Å². The van der Waals surface area contributed by atoms with Crippen LogP contribution in [0.3, 0.4) is 0 Å². The molecule has 2 amide bonds. The maximum Gasteiger partial charge on any atom is 0.354 e. The number of anilines is 2. The highest BCUT2D eigenvalue weighted by Gasteiger charge is 2.57. The lowest BCUT2D eigenvalue weighted by atomic mass is 9.84. The van der Waals surface area contributed by atoms with Crippen LogP contribution >= 0.6 is 11.3 Å². The van der Waals surface area contributed by atoms with E-state index in [1.54, 1.807) is 6.07 Å². The number of nitrogens with two attached hydrogens (primary N) is 3. The van der Waals surface area contributed by atoms with E-state index >= 15 is 0 Å². The van der Waals surface area contributed by atoms with Crippen LogP contribution in [0, 0.1) is 0 Å². The summed E-state index contributed by atoms with van der Waals surface area (Å²) in [7, 11) is -3.38. The van der Waals surface area contributed by atoms with Crippen LogP contribution in [0.2, 0.25) is 0 Å². The van der Waals surface area contributed by atoms with E-state index in [9.17, 15) is 32.5 Å². The van der Waals surface area contributed by atoms with Gasteiger partial charge in [0.05, 0.1) is 18.8 Å². The molecule has 3 atom stereocenters. The Morgan fingerprint density at radius 1 is 1.27 bits per heavy atom. The van der Waals surface area contributed by atoms with Gasteiger partial charge in [0.15, 0.2) is 16.9 Å². The number of carboxylic acid groups (broad SMARTS) is 2. The van der Waals surface area contributed by atoms with E-state index in [-0.39, 0.29) is 29.8 Å². The van der Waals surface area contributed by atoms with Crippen molar-refractivity contribution in [3.8, 4) is 16.9 Å². The molecule has 2 aliphatic heterocycles. The number of nitrogens with zero attached hydrogens (tertiary/aromatic N) is 4. The minimum absolute atomic E-state index is 0.0524. The monoisotopic (exact) mass is 807 g/mol. The number of hydrogen-bond donors (Lipinski definition) is 7. The second kappa shape index (κ2) is 16.9. The molecular formula is C32H41N9O12S2. The van der Waals surface area contributed by atoms with Gasteiger partial charge in [0.2, 0.25) is 10.4 Å². The van der Waals surface area contributed by atoms with Gasteiger partial charge in [-0.2, -0.15) is 9.35 Å². The number of aliphatic carboxylic acids is 1. The van der Waals surface area contributed by atoms with Gasteiger partial charge in [0.1, 0.15) is 23.5 Å². The van der Waals surface area contributed by atoms with Gasteiger partial charge < -0.3 is 46.9 Å². The number of aryl methyl sites for hydroxylation is 2. The second-order valence-corrected chi connectivity index (χ2v) is 14.8. The zero-order chi connectivity index (χ0) is 40.9. The summed E-state index contributed by atoms with van der Waals surface area (Å²) in [5.41, 5.74) is 15.8. The van der Waals surface area contributed by atoms with E-state index in [1.807, 2.05) is 42.1 Å². The van der Waals surface area contributed by atoms with E-state index in [0.717, 1.165) is 33.8 Å². The first-order chi connectivity index (χ1) is 25.8. The first-order valence-electron chi connectivity index (χ1n) is 16.3. The number of hydrogen-bond acceptors (Lipinski definition) is 17. The highest BCUT2D eigenvalue weighted by Crippen LogP contribution is 2.37. The number of oxime groups is 1. The van der Waals surface area contributed by atoms with Crippen LogP contribution in [0.4, 0.5) is 10.9 Å². The topological polar surface area (TPSA) is 328 Å². The molecule has 2 aliphatic rings. The Kier molecular flexibility index (Phi) is 13.0. The maximum atomic E-state index is 13.5. The molecule has 1 fully saturated rings. The van der Waals surface area contributed by atoms with Crippen molar-refractivity contribution in [1.82, 2.24) is 15.4 Å². The Bertz CT molecular complexity index is 2070. The largest absolute Gasteiger partial charge is 0.724 e. The Morgan fingerprint density at radius 3 is 2.47 bits per heavy atom. The summed E-state index contributed by atoms with van der Waals surface area (Å²) in [6.45, 7) is 4.46. The molecule has 23 heteroatoms. The number of carbonyl (C=O) groups is 4. The molecule has 0 radical (unpaired) electrons. The number of ether oxygens (including phenoxy) is 1. The molecule has 55 heavy (non-hydrogen) atoms. The number of pyridine rings is 1. The molecular weight excluding hydrogens is 767 g/mol. The van der Waals surface area contributed by atoms with E-state index < -0.39 is 57.2 Å². The lowest BCUT2D eigenvalue weighted by Crippen LogP contribution is -2.76. The number of β-lactam (4-membered cyclic amide) rings is 1. The Balaban J connectivity index is 0.00000217. The molecule has 4 heterocycles. The number of nitrogen functional groups attached to an aromatic ring is 1. The van der Waals surface area contributed by atoms with Crippen LogP contribution < -0.4 is 37.1 Å². The van der Waals surface area contributed by atoms with Gasteiger partial charge >= 0.3 is 5.97 Å². The van der Waals surface area contributed by atoms with Gasteiger partial charge in [-0.15, -0.1) is 11.3 Å². The van der Waals surface area contributed by atoms with E-state index in [2.05, 4.69) is 25.1 Å². The highest BCUT2D eigenvalue weighted by atomic mass is 32.3. The Labute approximate surface area is 318 Å². The minimum Gasteiger partial charge on any atom is -0.724 e. The molecule has 0 aliphatic carbocycles. The molecule has 21 nitrogen and oxygen atoms in total. The molecule has 0 bridgehead atoms. The fourth-order valence-electron chi connectivity index (χ4n) is 5.70. The Morgan fingerprint density at radius 2 is 1.93 bits per heavy atom. The number of carboxylic acids is 1. The third-order valence-corrected chi connectivity index (χ3v) is 9.86. The number of fused-ring (bicyclic) bond motifs is 1. The summed E-state index contributed by atoms with van der Waals surface area (Å²) in [6, 6.07) is 8.01. The average Bonchev–Trinajstić information content (AvgIpc) is 3.56. The molecule has 2 aromatic heterocycles. The fourth-order valence-corrected chi connectivity index (χ4v) is 6.70. The quantitative estimate of drug-likeness (QED) is 0.0197. The maximum absolute atomic E-state index is 13.5. The fraction of sp³-hybridized carbons (Fsp3) is 0.406. The summed E-state index contributed by atoms with van der Waals surface area (Å²) in [4.78, 5) is 56.8. The predicted octanol–water partition coefficient (Wildman–Crippen LogP) is -0.929. The van der Waals surface area contributed by atoms with Gasteiger partial charge in [-0.1, -0.05) is 11.2 Å². The van der Waals surface area contributed by atoms with Crippen LogP contribution in [0.25, 0.3) is 11.1 Å². The van der Waals surface area contributed by atoms with Crippen molar-refractivity contribution < 1.29 is 60.8 Å². The van der Waals surface area contributed by atoms with Gasteiger partial charge in [0.25, 0.3) is 29.7 Å². The van der Waals surface area contributed by atoms with Crippen LogP contribution in [-0.4, -0.2) is 106 Å². The predicted molar refractivity (Wildman–Crippen MR) is 194 cm³/mol. The summed E-state index contributed by atoms with van der Waals surface area (Å²) in [5, 5.41) is 28.6. The van der Waals surface area contributed by atoms with E-state index in [0.29, 0.717) is 30.3 Å². The standard InChI is InChI=1S/C31H39N9O10S2.CH2O2/c1-30(2)25(27(42)40(30)50-52(45,46)47)37-26(41)24(20-15-51-29(34)36-20)38-49-31(3,28(43)44)22-9-6-17-11-16(5-8-21(17)48-22)18-7-10-23(39(4)14-18)35-19(12-32)13-33;2-1-3/h5,7-8,10-11,14-15,19,22,25H,6,9,12-13,32-33H2,1-4H3,(H5,34,36,37,41,43,44,45,46,47);1H,(H,2,3)/b38-24-;/t22-,25?,31?;/m1./s1. The lowest BCUT2D eigenvalue weighted by Gasteiger charge is -2.51. The first-order valence-corrected chi connectivity index (χ1v) is 18.6. The minimum atomic E-state index is -5.28. The molecule has 0 spiro atoms. The molecule has 5 rings (SSSR count).